The fourth-order valence-electron chi connectivity index (χ4n) is 2.42. The Morgan fingerprint density at radius 3 is 2.60 bits per heavy atom. The Hall–Kier alpha value is -2.47. The van der Waals surface area contributed by atoms with Crippen molar-refractivity contribution in [3.63, 3.8) is 0 Å². The number of aliphatic hydroxyl groups excluding tert-OH is 1. The number of hydrogen-bond donors (Lipinski definition) is 2. The summed E-state index contributed by atoms with van der Waals surface area (Å²) in [6.45, 7) is 0.0828. The van der Waals surface area contributed by atoms with Gasteiger partial charge in [0.1, 0.15) is 17.4 Å². The van der Waals surface area contributed by atoms with E-state index in [9.17, 15) is 18.7 Å². The third-order valence-electron chi connectivity index (χ3n) is 3.85. The summed E-state index contributed by atoms with van der Waals surface area (Å²) in [5, 5.41) is 12.7. The minimum atomic E-state index is -0.824. The van der Waals surface area contributed by atoms with Crippen molar-refractivity contribution in [3.8, 4) is 5.75 Å². The number of aliphatic hydroxyl groups is 1. The van der Waals surface area contributed by atoms with Crippen molar-refractivity contribution in [1.82, 2.24) is 5.32 Å². The molecule has 25 heavy (non-hydrogen) atoms. The maximum atomic E-state index is 13.5. The third kappa shape index (κ3) is 5.83. The van der Waals surface area contributed by atoms with Crippen LogP contribution in [0.2, 0.25) is 0 Å². The van der Waals surface area contributed by atoms with Crippen molar-refractivity contribution >= 4 is 5.91 Å². The zero-order valence-corrected chi connectivity index (χ0v) is 14.0. The standard InChI is InChI=1S/C19H21F2NO3/c1-25-16-8-5-13(6-9-16)18(23)12-22-19(24)4-2-3-14-11-15(20)7-10-17(14)21/h5-11,18,23H,2-4,12H2,1H3,(H,22,24). The molecule has 4 nitrogen and oxygen atoms in total. The first kappa shape index (κ1) is 18.9. The van der Waals surface area contributed by atoms with Crippen molar-refractivity contribution in [3.05, 3.63) is 65.2 Å². The summed E-state index contributed by atoms with van der Waals surface area (Å²) in [4.78, 5) is 11.8. The second kappa shape index (κ2) is 9.13. The van der Waals surface area contributed by atoms with Gasteiger partial charge in [0, 0.05) is 13.0 Å². The highest BCUT2D eigenvalue weighted by Crippen LogP contribution is 2.17. The summed E-state index contributed by atoms with van der Waals surface area (Å²) < 4.78 is 31.6. The molecular weight excluding hydrogens is 328 g/mol. The molecule has 0 aliphatic heterocycles. The Labute approximate surface area is 145 Å². The number of nitrogens with one attached hydrogen (secondary N) is 1. The molecule has 1 unspecified atom stereocenters. The van der Waals surface area contributed by atoms with E-state index in [2.05, 4.69) is 5.32 Å². The molecule has 0 aliphatic carbocycles. The van der Waals surface area contributed by atoms with Crippen molar-refractivity contribution < 1.29 is 23.4 Å². The van der Waals surface area contributed by atoms with Crippen LogP contribution in [0.1, 0.15) is 30.1 Å². The van der Waals surface area contributed by atoms with Gasteiger partial charge in [-0.25, -0.2) is 8.78 Å². The van der Waals surface area contributed by atoms with E-state index in [-0.39, 0.29) is 30.9 Å². The molecule has 2 aromatic rings. The number of methoxy groups -OCH3 is 1. The van der Waals surface area contributed by atoms with E-state index < -0.39 is 17.7 Å². The lowest BCUT2D eigenvalue weighted by molar-refractivity contribution is -0.121. The highest BCUT2D eigenvalue weighted by Gasteiger charge is 2.10. The van der Waals surface area contributed by atoms with Crippen molar-refractivity contribution in [1.29, 1.82) is 0 Å². The predicted molar refractivity (Wildman–Crippen MR) is 90.3 cm³/mol. The number of ether oxygens (including phenoxy) is 1. The Bertz CT molecular complexity index is 704. The fourth-order valence-corrected chi connectivity index (χ4v) is 2.42. The van der Waals surface area contributed by atoms with Gasteiger partial charge in [-0.15, -0.1) is 0 Å². The van der Waals surface area contributed by atoms with Crippen molar-refractivity contribution in [2.45, 2.75) is 25.4 Å². The molecule has 2 N–H and O–H groups in total. The molecule has 0 radical (unpaired) electrons. The van der Waals surface area contributed by atoms with Gasteiger partial charge in [0.25, 0.3) is 0 Å². The average Bonchev–Trinajstić information content (AvgIpc) is 2.62. The largest absolute Gasteiger partial charge is 0.497 e. The minimum Gasteiger partial charge on any atom is -0.497 e. The molecule has 0 aromatic heterocycles. The molecular formula is C19H21F2NO3. The lowest BCUT2D eigenvalue weighted by Crippen LogP contribution is -2.28. The average molecular weight is 349 g/mol. The number of hydrogen-bond acceptors (Lipinski definition) is 3. The molecule has 0 heterocycles. The molecule has 0 aliphatic rings. The highest BCUT2D eigenvalue weighted by molar-refractivity contribution is 5.75. The van der Waals surface area contributed by atoms with Crippen LogP contribution in [0, 0.1) is 11.6 Å². The van der Waals surface area contributed by atoms with Crippen molar-refractivity contribution in [2.75, 3.05) is 13.7 Å². The van der Waals surface area contributed by atoms with Gasteiger partial charge in [-0.3, -0.25) is 4.79 Å². The van der Waals surface area contributed by atoms with Gasteiger partial charge in [0.2, 0.25) is 5.91 Å². The predicted octanol–water partition coefficient (Wildman–Crippen LogP) is 3.15. The van der Waals surface area contributed by atoms with Gasteiger partial charge in [-0.2, -0.15) is 0 Å². The van der Waals surface area contributed by atoms with E-state index in [1.54, 1.807) is 31.4 Å². The van der Waals surface area contributed by atoms with Gasteiger partial charge in [-0.1, -0.05) is 12.1 Å². The Morgan fingerprint density at radius 2 is 1.92 bits per heavy atom. The summed E-state index contributed by atoms with van der Waals surface area (Å²) in [6, 6.07) is 10.2. The van der Waals surface area contributed by atoms with E-state index in [4.69, 9.17) is 4.74 Å². The van der Waals surface area contributed by atoms with E-state index in [0.29, 0.717) is 17.7 Å². The van der Waals surface area contributed by atoms with Crippen LogP contribution >= 0.6 is 0 Å². The van der Waals surface area contributed by atoms with Crippen LogP contribution in [0.25, 0.3) is 0 Å². The summed E-state index contributed by atoms with van der Waals surface area (Å²) in [5.74, 6) is -0.533. The van der Waals surface area contributed by atoms with Gasteiger partial charge < -0.3 is 15.2 Å². The maximum Gasteiger partial charge on any atom is 0.220 e. The number of amides is 1. The Kier molecular flexibility index (Phi) is 6.89. The highest BCUT2D eigenvalue weighted by atomic mass is 19.1. The van der Waals surface area contributed by atoms with E-state index >= 15 is 0 Å². The van der Waals surface area contributed by atoms with Gasteiger partial charge >= 0.3 is 0 Å². The third-order valence-corrected chi connectivity index (χ3v) is 3.85. The SMILES string of the molecule is COc1ccc(C(O)CNC(=O)CCCc2cc(F)ccc2F)cc1. The molecule has 134 valence electrons. The Balaban J connectivity index is 1.73. The number of carbonyl (C=O) groups is 1. The topological polar surface area (TPSA) is 58.6 Å². The van der Waals surface area contributed by atoms with Gasteiger partial charge in [-0.05, 0) is 54.3 Å². The summed E-state index contributed by atoms with van der Waals surface area (Å²) in [5.41, 5.74) is 0.925. The number of aryl methyl sites for hydroxylation is 1. The van der Waals surface area contributed by atoms with E-state index in [1.165, 1.54) is 0 Å². The first-order chi connectivity index (χ1) is 12.0. The second-order valence-electron chi connectivity index (χ2n) is 5.68. The van der Waals surface area contributed by atoms with E-state index in [1.807, 2.05) is 0 Å². The smallest absolute Gasteiger partial charge is 0.220 e. The van der Waals surface area contributed by atoms with Crippen molar-refractivity contribution in [2.24, 2.45) is 0 Å². The molecule has 2 rings (SSSR count). The molecule has 0 saturated heterocycles. The molecule has 6 heteroatoms. The fraction of sp³-hybridized carbons (Fsp3) is 0.316. The molecule has 0 bridgehead atoms. The van der Waals surface area contributed by atoms with Crippen LogP contribution in [0.5, 0.6) is 5.75 Å². The summed E-state index contributed by atoms with van der Waals surface area (Å²) in [7, 11) is 1.56. The number of halogens is 2. The molecule has 2 aromatic carbocycles. The monoisotopic (exact) mass is 349 g/mol. The zero-order valence-electron chi connectivity index (χ0n) is 14.0. The number of rotatable bonds is 8. The maximum absolute atomic E-state index is 13.5. The molecule has 0 saturated carbocycles. The molecule has 0 fully saturated rings. The second-order valence-corrected chi connectivity index (χ2v) is 5.68. The van der Waals surface area contributed by atoms with Crippen LogP contribution in [0.4, 0.5) is 8.78 Å². The van der Waals surface area contributed by atoms with Crippen LogP contribution < -0.4 is 10.1 Å². The van der Waals surface area contributed by atoms with Crippen LogP contribution in [-0.2, 0) is 11.2 Å². The summed E-state index contributed by atoms with van der Waals surface area (Å²) >= 11 is 0. The zero-order chi connectivity index (χ0) is 18.2. The molecule has 1 atom stereocenters. The normalized spacial score (nSPS) is 11.8. The van der Waals surface area contributed by atoms with Crippen LogP contribution in [0.3, 0.4) is 0 Å². The first-order valence-electron chi connectivity index (χ1n) is 8.02. The first-order valence-corrected chi connectivity index (χ1v) is 8.02. The lowest BCUT2D eigenvalue weighted by atomic mass is 10.1. The lowest BCUT2D eigenvalue weighted by Gasteiger charge is -2.13. The minimum absolute atomic E-state index is 0.0828. The quantitative estimate of drug-likeness (QED) is 0.770. The summed E-state index contributed by atoms with van der Waals surface area (Å²) in [6.07, 6.45) is 0.0178. The molecule has 1 amide bonds. The number of benzene rings is 2. The number of carbonyl (C=O) groups excluding carboxylic acids is 1. The molecule has 0 spiro atoms. The van der Waals surface area contributed by atoms with Crippen LogP contribution in [0.15, 0.2) is 42.5 Å². The van der Waals surface area contributed by atoms with Gasteiger partial charge in [0.15, 0.2) is 0 Å². The Morgan fingerprint density at radius 1 is 1.20 bits per heavy atom. The van der Waals surface area contributed by atoms with Crippen LogP contribution in [-0.4, -0.2) is 24.7 Å². The van der Waals surface area contributed by atoms with E-state index in [0.717, 1.165) is 18.2 Å². The van der Waals surface area contributed by atoms with Gasteiger partial charge in [0.05, 0.1) is 13.2 Å².